The van der Waals surface area contributed by atoms with Gasteiger partial charge in [-0.25, -0.2) is 4.98 Å². The Balaban J connectivity index is 1.37. The SMILES string of the molecule is CC(C)(O)Cn1cc(C(=O)N[C@H]2C[C@@H](Nc3cc(C(F)(F)F)nc4ccc(Cl)cc34)CC3(CC3)C2)c(Cl)n1. The maximum absolute atomic E-state index is 13.6. The fraction of sp³-hybridized carbons (Fsp3) is 0.500. The number of halogens is 5. The van der Waals surface area contributed by atoms with Crippen LogP contribution < -0.4 is 10.6 Å². The van der Waals surface area contributed by atoms with E-state index in [-0.39, 0.29) is 46.2 Å². The summed E-state index contributed by atoms with van der Waals surface area (Å²) in [7, 11) is 0. The second kappa shape index (κ2) is 9.57. The quantitative estimate of drug-likeness (QED) is 0.335. The summed E-state index contributed by atoms with van der Waals surface area (Å²) in [5.41, 5.74) is -1.25. The molecule has 0 radical (unpaired) electrons. The first-order chi connectivity index (χ1) is 17.7. The third-order valence-electron chi connectivity index (χ3n) is 7.15. The van der Waals surface area contributed by atoms with Crippen molar-refractivity contribution in [1.82, 2.24) is 20.1 Å². The van der Waals surface area contributed by atoms with E-state index in [1.54, 1.807) is 19.9 Å². The molecule has 3 aromatic rings. The van der Waals surface area contributed by atoms with Crippen molar-refractivity contribution in [1.29, 1.82) is 0 Å². The van der Waals surface area contributed by atoms with Crippen LogP contribution in [0.1, 0.15) is 62.0 Å². The van der Waals surface area contributed by atoms with Crippen molar-refractivity contribution in [3.05, 3.63) is 51.9 Å². The number of carbonyl (C=O) groups is 1. The number of nitrogens with zero attached hydrogens (tertiary/aromatic N) is 3. The molecular weight excluding hydrogens is 542 g/mol. The number of pyridine rings is 1. The second-order valence-electron chi connectivity index (χ2n) is 11.2. The van der Waals surface area contributed by atoms with E-state index in [0.29, 0.717) is 22.5 Å². The predicted octanol–water partition coefficient (Wildman–Crippen LogP) is 6.07. The lowest BCUT2D eigenvalue weighted by molar-refractivity contribution is -0.140. The molecule has 2 aliphatic carbocycles. The third kappa shape index (κ3) is 6.02. The summed E-state index contributed by atoms with van der Waals surface area (Å²) in [5.74, 6) is -0.376. The first-order valence-electron chi connectivity index (χ1n) is 12.4. The van der Waals surface area contributed by atoms with Gasteiger partial charge < -0.3 is 15.7 Å². The molecular formula is C26H28Cl2F3N5O2. The van der Waals surface area contributed by atoms with Crippen LogP contribution in [-0.2, 0) is 12.7 Å². The van der Waals surface area contributed by atoms with Gasteiger partial charge in [0.2, 0.25) is 0 Å². The molecule has 0 unspecified atom stereocenters. The summed E-state index contributed by atoms with van der Waals surface area (Å²) < 4.78 is 42.2. The van der Waals surface area contributed by atoms with Gasteiger partial charge in [-0.05, 0) is 75.6 Å². The van der Waals surface area contributed by atoms with Crippen molar-refractivity contribution in [2.24, 2.45) is 5.41 Å². The molecule has 2 atom stereocenters. The molecule has 38 heavy (non-hydrogen) atoms. The molecule has 2 fully saturated rings. The van der Waals surface area contributed by atoms with Crippen molar-refractivity contribution in [2.45, 2.75) is 76.4 Å². The number of alkyl halides is 3. The highest BCUT2D eigenvalue weighted by Crippen LogP contribution is 2.56. The number of fused-ring (bicyclic) bond motifs is 1. The molecule has 0 aliphatic heterocycles. The highest BCUT2D eigenvalue weighted by molar-refractivity contribution is 6.32. The number of benzene rings is 1. The van der Waals surface area contributed by atoms with Crippen LogP contribution in [0.2, 0.25) is 10.2 Å². The lowest BCUT2D eigenvalue weighted by Crippen LogP contribution is -2.45. The standard InChI is InChI=1S/C26H28Cl2F3N5O2/c1-24(2,38)13-36-12-18(22(28)35-36)23(37)33-16-8-15(10-25(11-16)5-6-25)32-20-9-21(26(29,30)31)34-19-4-3-14(27)7-17(19)20/h3-4,7,9,12,15-16,38H,5-6,8,10-11,13H2,1-2H3,(H,32,34)(H,33,37)/t15-,16+/m1/s1. The maximum atomic E-state index is 13.6. The van der Waals surface area contributed by atoms with Crippen LogP contribution in [0.4, 0.5) is 18.9 Å². The summed E-state index contributed by atoms with van der Waals surface area (Å²) in [6.07, 6.45) is 0.997. The topological polar surface area (TPSA) is 92.1 Å². The minimum atomic E-state index is -4.60. The molecule has 3 N–H and O–H groups in total. The Labute approximate surface area is 227 Å². The molecule has 2 saturated carbocycles. The number of aromatic nitrogens is 3. The van der Waals surface area contributed by atoms with Crippen LogP contribution in [-0.4, -0.2) is 43.5 Å². The first-order valence-corrected chi connectivity index (χ1v) is 13.2. The predicted molar refractivity (Wildman–Crippen MR) is 139 cm³/mol. The molecule has 2 aliphatic rings. The van der Waals surface area contributed by atoms with E-state index in [1.165, 1.54) is 23.0 Å². The number of aliphatic hydroxyl groups is 1. The Kier molecular flexibility index (Phi) is 6.81. The molecule has 7 nitrogen and oxygen atoms in total. The summed E-state index contributed by atoms with van der Waals surface area (Å²) in [6.45, 7) is 3.43. The van der Waals surface area contributed by atoms with E-state index in [1.807, 2.05) is 0 Å². The molecule has 2 heterocycles. The average molecular weight is 570 g/mol. The van der Waals surface area contributed by atoms with E-state index in [0.717, 1.165) is 31.7 Å². The molecule has 5 rings (SSSR count). The van der Waals surface area contributed by atoms with Crippen molar-refractivity contribution < 1.29 is 23.1 Å². The van der Waals surface area contributed by atoms with Gasteiger partial charge in [0.05, 0.1) is 23.2 Å². The lowest BCUT2D eigenvalue weighted by Gasteiger charge is -2.37. The highest BCUT2D eigenvalue weighted by atomic mass is 35.5. The Morgan fingerprint density at radius 1 is 1.18 bits per heavy atom. The van der Waals surface area contributed by atoms with Crippen LogP contribution in [0.3, 0.4) is 0 Å². The van der Waals surface area contributed by atoms with Gasteiger partial charge in [-0.2, -0.15) is 18.3 Å². The van der Waals surface area contributed by atoms with E-state index >= 15 is 0 Å². The normalized spacial score (nSPS) is 21.1. The van der Waals surface area contributed by atoms with Crippen LogP contribution >= 0.6 is 23.2 Å². The van der Waals surface area contributed by atoms with Gasteiger partial charge >= 0.3 is 6.18 Å². The number of hydrogen-bond donors (Lipinski definition) is 3. The van der Waals surface area contributed by atoms with Crippen molar-refractivity contribution in [2.75, 3.05) is 5.32 Å². The Bertz CT molecular complexity index is 1380. The minimum Gasteiger partial charge on any atom is -0.389 e. The fourth-order valence-corrected chi connectivity index (χ4v) is 5.82. The summed E-state index contributed by atoms with van der Waals surface area (Å²) in [6, 6.07) is 5.25. The molecule has 12 heteroatoms. The van der Waals surface area contributed by atoms with Gasteiger partial charge in [0.15, 0.2) is 5.15 Å². The van der Waals surface area contributed by atoms with Crippen LogP contribution in [0.25, 0.3) is 10.9 Å². The molecule has 0 bridgehead atoms. The number of carbonyl (C=O) groups excluding carboxylic acids is 1. The van der Waals surface area contributed by atoms with Gasteiger partial charge in [0, 0.05) is 34.4 Å². The average Bonchev–Trinajstić information content (AvgIpc) is 3.41. The van der Waals surface area contributed by atoms with E-state index in [9.17, 15) is 23.1 Å². The van der Waals surface area contributed by atoms with E-state index in [2.05, 4.69) is 20.7 Å². The molecule has 2 aromatic heterocycles. The molecule has 1 spiro atoms. The Morgan fingerprint density at radius 2 is 1.89 bits per heavy atom. The van der Waals surface area contributed by atoms with Gasteiger partial charge in [0.1, 0.15) is 5.69 Å². The van der Waals surface area contributed by atoms with Crippen LogP contribution in [0, 0.1) is 5.41 Å². The fourth-order valence-electron chi connectivity index (χ4n) is 5.42. The highest BCUT2D eigenvalue weighted by Gasteiger charge is 2.49. The number of amides is 1. The van der Waals surface area contributed by atoms with Gasteiger partial charge in [-0.1, -0.05) is 23.2 Å². The van der Waals surface area contributed by atoms with Gasteiger partial charge in [-0.15, -0.1) is 0 Å². The van der Waals surface area contributed by atoms with Gasteiger partial charge in [0.25, 0.3) is 5.91 Å². The van der Waals surface area contributed by atoms with Crippen LogP contribution in [0.15, 0.2) is 30.5 Å². The third-order valence-corrected chi connectivity index (χ3v) is 7.67. The zero-order chi connectivity index (χ0) is 27.5. The molecule has 1 amide bonds. The zero-order valence-electron chi connectivity index (χ0n) is 20.9. The Morgan fingerprint density at radius 3 is 2.55 bits per heavy atom. The molecule has 204 valence electrons. The second-order valence-corrected chi connectivity index (χ2v) is 12.0. The summed E-state index contributed by atoms with van der Waals surface area (Å²) in [4.78, 5) is 16.9. The smallest absolute Gasteiger partial charge is 0.389 e. The lowest BCUT2D eigenvalue weighted by atomic mass is 9.79. The van der Waals surface area contributed by atoms with Gasteiger partial charge in [-0.3, -0.25) is 9.48 Å². The number of rotatable bonds is 6. The van der Waals surface area contributed by atoms with Crippen molar-refractivity contribution in [3.63, 3.8) is 0 Å². The van der Waals surface area contributed by atoms with Crippen LogP contribution in [0.5, 0.6) is 0 Å². The summed E-state index contributed by atoms with van der Waals surface area (Å²) >= 11 is 12.4. The number of nitrogens with one attached hydrogen (secondary N) is 2. The van der Waals surface area contributed by atoms with E-state index < -0.39 is 17.5 Å². The first kappa shape index (κ1) is 27.0. The maximum Gasteiger partial charge on any atom is 0.433 e. The largest absolute Gasteiger partial charge is 0.433 e. The zero-order valence-corrected chi connectivity index (χ0v) is 22.4. The minimum absolute atomic E-state index is 0.0378. The monoisotopic (exact) mass is 569 g/mol. The molecule has 1 aromatic carbocycles. The number of hydrogen-bond acceptors (Lipinski definition) is 5. The van der Waals surface area contributed by atoms with Crippen molar-refractivity contribution >= 4 is 45.7 Å². The van der Waals surface area contributed by atoms with Crippen molar-refractivity contribution in [3.8, 4) is 0 Å². The molecule has 0 saturated heterocycles. The van der Waals surface area contributed by atoms with E-state index in [4.69, 9.17) is 23.2 Å². The summed E-state index contributed by atoms with van der Waals surface area (Å²) in [5, 5.41) is 21.5. The Hall–Kier alpha value is -2.56. The number of anilines is 1.